The molecule has 0 amide bonds. The molecule has 2 rings (SSSR count). The Morgan fingerprint density at radius 3 is 2.32 bits per heavy atom. The van der Waals surface area contributed by atoms with E-state index in [2.05, 4.69) is 0 Å². The van der Waals surface area contributed by atoms with Gasteiger partial charge in [0.15, 0.2) is 11.5 Å². The zero-order valence-corrected chi connectivity index (χ0v) is 15.7. The molecule has 5 heteroatoms. The summed E-state index contributed by atoms with van der Waals surface area (Å²) in [5.41, 5.74) is 1.30. The minimum absolute atomic E-state index is 0.0872. The SMILES string of the molecule is CC(C)(C)C1=CC(=O)OC1CC(=O)Oc1ccc(C(C)(C)C)cc1O. The van der Waals surface area contributed by atoms with Crippen molar-refractivity contribution in [1.82, 2.24) is 0 Å². The van der Waals surface area contributed by atoms with Gasteiger partial charge in [-0.25, -0.2) is 4.79 Å². The van der Waals surface area contributed by atoms with E-state index in [1.54, 1.807) is 12.1 Å². The lowest BCUT2D eigenvalue weighted by Gasteiger charge is -2.24. The molecule has 0 radical (unpaired) electrons. The zero-order valence-electron chi connectivity index (χ0n) is 15.7. The summed E-state index contributed by atoms with van der Waals surface area (Å²) in [6.07, 6.45) is 0.721. The van der Waals surface area contributed by atoms with Crippen LogP contribution in [0.1, 0.15) is 53.5 Å². The number of esters is 2. The number of cyclic esters (lactones) is 1. The maximum Gasteiger partial charge on any atom is 0.331 e. The van der Waals surface area contributed by atoms with E-state index in [0.717, 1.165) is 11.1 Å². The Balaban J connectivity index is 2.08. The third-order valence-corrected chi connectivity index (χ3v) is 4.15. The van der Waals surface area contributed by atoms with Gasteiger partial charge in [-0.05, 0) is 34.1 Å². The quantitative estimate of drug-likeness (QED) is 0.664. The Hall–Kier alpha value is -2.30. The van der Waals surface area contributed by atoms with E-state index in [0.29, 0.717) is 0 Å². The highest BCUT2D eigenvalue weighted by molar-refractivity contribution is 5.87. The van der Waals surface area contributed by atoms with Crippen molar-refractivity contribution in [2.45, 2.75) is 59.5 Å². The molecule has 5 nitrogen and oxygen atoms in total. The summed E-state index contributed by atoms with van der Waals surface area (Å²) in [5.74, 6) is -0.992. The van der Waals surface area contributed by atoms with Crippen LogP contribution in [-0.4, -0.2) is 23.1 Å². The van der Waals surface area contributed by atoms with Crippen LogP contribution in [0.5, 0.6) is 11.5 Å². The minimum atomic E-state index is -0.629. The number of hydrogen-bond donors (Lipinski definition) is 1. The molecule has 0 aromatic heterocycles. The van der Waals surface area contributed by atoms with E-state index in [-0.39, 0.29) is 28.7 Å². The second kappa shape index (κ2) is 6.54. The second-order valence-corrected chi connectivity index (χ2v) is 8.39. The molecule has 0 saturated carbocycles. The van der Waals surface area contributed by atoms with E-state index in [1.165, 1.54) is 6.08 Å². The molecule has 1 atom stereocenters. The second-order valence-electron chi connectivity index (χ2n) is 8.39. The fourth-order valence-corrected chi connectivity index (χ4v) is 2.69. The van der Waals surface area contributed by atoms with Crippen LogP contribution < -0.4 is 4.74 Å². The van der Waals surface area contributed by atoms with Crippen molar-refractivity contribution in [3.63, 3.8) is 0 Å². The number of carbonyl (C=O) groups is 2. The lowest BCUT2D eigenvalue weighted by Crippen LogP contribution is -2.26. The van der Waals surface area contributed by atoms with Crippen LogP contribution in [0.25, 0.3) is 0 Å². The van der Waals surface area contributed by atoms with Crippen LogP contribution in [0.4, 0.5) is 0 Å². The summed E-state index contributed by atoms with van der Waals surface area (Å²) in [7, 11) is 0. The zero-order chi connectivity index (χ0) is 19.0. The van der Waals surface area contributed by atoms with Crippen LogP contribution >= 0.6 is 0 Å². The van der Waals surface area contributed by atoms with Gasteiger partial charge in [0.05, 0.1) is 6.42 Å². The molecule has 1 aliphatic heterocycles. The Morgan fingerprint density at radius 2 is 1.80 bits per heavy atom. The first-order chi connectivity index (χ1) is 11.4. The van der Waals surface area contributed by atoms with Gasteiger partial charge in [-0.3, -0.25) is 4.79 Å². The smallest absolute Gasteiger partial charge is 0.331 e. The molecule has 1 heterocycles. The number of phenolic OH excluding ortho intramolecular Hbond substituents is 1. The van der Waals surface area contributed by atoms with E-state index < -0.39 is 18.0 Å². The van der Waals surface area contributed by atoms with E-state index in [9.17, 15) is 14.7 Å². The first kappa shape index (κ1) is 19.0. The van der Waals surface area contributed by atoms with Gasteiger partial charge in [0.2, 0.25) is 0 Å². The summed E-state index contributed by atoms with van der Waals surface area (Å²) >= 11 is 0. The Kier molecular flexibility index (Phi) is 4.98. The van der Waals surface area contributed by atoms with Crippen molar-refractivity contribution >= 4 is 11.9 Å². The van der Waals surface area contributed by atoms with Gasteiger partial charge in [-0.2, -0.15) is 0 Å². The van der Waals surface area contributed by atoms with Crippen LogP contribution in [0, 0.1) is 5.41 Å². The summed E-state index contributed by atoms with van der Waals surface area (Å²) < 4.78 is 10.5. The van der Waals surface area contributed by atoms with Crippen molar-refractivity contribution in [3.05, 3.63) is 35.4 Å². The summed E-state index contributed by atoms with van der Waals surface area (Å²) in [6.45, 7) is 12.0. The Labute approximate surface area is 148 Å². The number of hydrogen-bond acceptors (Lipinski definition) is 5. The van der Waals surface area contributed by atoms with Gasteiger partial charge in [-0.1, -0.05) is 47.6 Å². The largest absolute Gasteiger partial charge is 0.504 e. The van der Waals surface area contributed by atoms with Crippen LogP contribution in [0.2, 0.25) is 0 Å². The van der Waals surface area contributed by atoms with Gasteiger partial charge in [0.25, 0.3) is 0 Å². The molecule has 1 aliphatic rings. The van der Waals surface area contributed by atoms with Gasteiger partial charge >= 0.3 is 11.9 Å². The molecular weight excluding hydrogens is 320 g/mol. The standard InChI is InChI=1S/C20H26O5/c1-19(2,3)12-7-8-15(14(21)9-12)24-18(23)11-16-13(20(4,5)6)10-17(22)25-16/h7-10,16,21H,11H2,1-6H3. The lowest BCUT2D eigenvalue weighted by molar-refractivity contribution is -0.143. The third-order valence-electron chi connectivity index (χ3n) is 4.15. The van der Waals surface area contributed by atoms with E-state index >= 15 is 0 Å². The summed E-state index contributed by atoms with van der Waals surface area (Å²) in [6, 6.07) is 4.99. The van der Waals surface area contributed by atoms with Crippen molar-refractivity contribution in [2.75, 3.05) is 0 Å². The molecule has 0 spiro atoms. The maximum absolute atomic E-state index is 12.2. The lowest BCUT2D eigenvalue weighted by atomic mass is 9.83. The highest BCUT2D eigenvalue weighted by Gasteiger charge is 2.35. The normalized spacial score (nSPS) is 17.9. The Morgan fingerprint density at radius 1 is 1.16 bits per heavy atom. The predicted octanol–water partition coefficient (Wildman–Crippen LogP) is 3.88. The number of aromatic hydroxyl groups is 1. The average molecular weight is 346 g/mol. The number of ether oxygens (including phenoxy) is 2. The fourth-order valence-electron chi connectivity index (χ4n) is 2.69. The highest BCUT2D eigenvalue weighted by atomic mass is 16.6. The van der Waals surface area contributed by atoms with Crippen molar-refractivity contribution in [3.8, 4) is 11.5 Å². The molecule has 1 aromatic carbocycles. The molecule has 1 N–H and O–H groups in total. The van der Waals surface area contributed by atoms with Crippen LogP contribution in [0.15, 0.2) is 29.8 Å². The topological polar surface area (TPSA) is 72.8 Å². The van der Waals surface area contributed by atoms with Crippen molar-refractivity contribution in [2.24, 2.45) is 5.41 Å². The van der Waals surface area contributed by atoms with Gasteiger partial charge in [-0.15, -0.1) is 0 Å². The van der Waals surface area contributed by atoms with Crippen molar-refractivity contribution in [1.29, 1.82) is 0 Å². The number of rotatable bonds is 3. The molecule has 0 fully saturated rings. The first-order valence-electron chi connectivity index (χ1n) is 8.35. The van der Waals surface area contributed by atoms with Crippen LogP contribution in [0.3, 0.4) is 0 Å². The third kappa shape index (κ3) is 4.62. The molecule has 136 valence electrons. The van der Waals surface area contributed by atoms with Gasteiger partial charge in [0.1, 0.15) is 6.10 Å². The molecular formula is C20H26O5. The molecule has 25 heavy (non-hydrogen) atoms. The van der Waals surface area contributed by atoms with Crippen molar-refractivity contribution < 1.29 is 24.2 Å². The maximum atomic E-state index is 12.2. The van der Waals surface area contributed by atoms with Crippen LogP contribution in [-0.2, 0) is 19.7 Å². The first-order valence-corrected chi connectivity index (χ1v) is 8.35. The van der Waals surface area contributed by atoms with Gasteiger partial charge in [0, 0.05) is 6.08 Å². The molecule has 0 aliphatic carbocycles. The molecule has 0 bridgehead atoms. The number of phenols is 1. The van der Waals surface area contributed by atoms with Gasteiger partial charge < -0.3 is 14.6 Å². The minimum Gasteiger partial charge on any atom is -0.504 e. The highest BCUT2D eigenvalue weighted by Crippen LogP contribution is 2.36. The molecule has 1 aromatic rings. The van der Waals surface area contributed by atoms with E-state index in [4.69, 9.17) is 9.47 Å². The fraction of sp³-hybridized carbons (Fsp3) is 0.500. The monoisotopic (exact) mass is 346 g/mol. The summed E-state index contributed by atoms with van der Waals surface area (Å²) in [4.78, 5) is 23.8. The van der Waals surface area contributed by atoms with E-state index in [1.807, 2.05) is 47.6 Å². The average Bonchev–Trinajstić information content (AvgIpc) is 2.80. The number of carbonyl (C=O) groups excluding carboxylic acids is 2. The molecule has 1 unspecified atom stereocenters. The number of benzene rings is 1. The predicted molar refractivity (Wildman–Crippen MR) is 94.5 cm³/mol. The Bertz CT molecular complexity index is 717. The molecule has 0 saturated heterocycles. The summed E-state index contributed by atoms with van der Waals surface area (Å²) in [5, 5.41) is 10.1.